The van der Waals surface area contributed by atoms with Crippen LogP contribution in [0.5, 0.6) is 0 Å². The molecule has 4 rings (SSSR count). The van der Waals surface area contributed by atoms with Gasteiger partial charge in [-0.1, -0.05) is 18.2 Å². The molecule has 3 heterocycles. The van der Waals surface area contributed by atoms with Gasteiger partial charge >= 0.3 is 0 Å². The molecule has 2 aliphatic heterocycles. The molecular weight excluding hydrogens is 350 g/mol. The third-order valence-electron chi connectivity index (χ3n) is 5.53. The van der Waals surface area contributed by atoms with Gasteiger partial charge < -0.3 is 4.90 Å². The first-order chi connectivity index (χ1) is 12.5. The SMILES string of the molecule is O=C1N(c2cccnc2)CCC12CCN(S(=O)(=O)c1ccccc1)CC2. The molecule has 1 aromatic carbocycles. The fourth-order valence-electron chi connectivity index (χ4n) is 3.94. The van der Waals surface area contributed by atoms with E-state index in [0.29, 0.717) is 37.4 Å². The number of carbonyl (C=O) groups is 1. The van der Waals surface area contributed by atoms with Gasteiger partial charge in [0.25, 0.3) is 0 Å². The summed E-state index contributed by atoms with van der Waals surface area (Å²) in [6, 6.07) is 12.2. The molecule has 2 saturated heterocycles. The van der Waals surface area contributed by atoms with Gasteiger partial charge in [-0.25, -0.2) is 8.42 Å². The summed E-state index contributed by atoms with van der Waals surface area (Å²) >= 11 is 0. The van der Waals surface area contributed by atoms with Crippen molar-refractivity contribution in [3.8, 4) is 0 Å². The molecule has 0 radical (unpaired) electrons. The molecule has 1 spiro atoms. The molecule has 2 aliphatic rings. The van der Waals surface area contributed by atoms with Gasteiger partial charge in [0.2, 0.25) is 15.9 Å². The summed E-state index contributed by atoms with van der Waals surface area (Å²) in [7, 11) is -3.49. The summed E-state index contributed by atoms with van der Waals surface area (Å²) in [4.78, 5) is 19.2. The third-order valence-corrected chi connectivity index (χ3v) is 7.44. The van der Waals surface area contributed by atoms with Crippen LogP contribution in [-0.4, -0.2) is 43.2 Å². The average Bonchev–Trinajstić information content (AvgIpc) is 3.00. The van der Waals surface area contributed by atoms with E-state index in [1.807, 2.05) is 12.1 Å². The summed E-state index contributed by atoms with van der Waals surface area (Å²) in [5.41, 5.74) is 0.368. The topological polar surface area (TPSA) is 70.6 Å². The Bertz CT molecular complexity index is 892. The van der Waals surface area contributed by atoms with Crippen LogP contribution in [0.25, 0.3) is 0 Å². The second kappa shape index (κ2) is 6.48. The smallest absolute Gasteiger partial charge is 0.243 e. The number of rotatable bonds is 3. The number of sulfonamides is 1. The second-order valence-corrected chi connectivity index (χ2v) is 8.85. The van der Waals surface area contributed by atoms with Gasteiger partial charge in [-0.3, -0.25) is 9.78 Å². The van der Waals surface area contributed by atoms with Gasteiger partial charge in [0.15, 0.2) is 0 Å². The fourth-order valence-corrected chi connectivity index (χ4v) is 5.40. The van der Waals surface area contributed by atoms with Crippen molar-refractivity contribution < 1.29 is 13.2 Å². The van der Waals surface area contributed by atoms with E-state index in [-0.39, 0.29) is 5.91 Å². The number of aromatic nitrogens is 1. The van der Waals surface area contributed by atoms with Crippen LogP contribution < -0.4 is 4.90 Å². The Morgan fingerprint density at radius 3 is 2.27 bits per heavy atom. The van der Waals surface area contributed by atoms with Crippen LogP contribution in [0.1, 0.15) is 19.3 Å². The lowest BCUT2D eigenvalue weighted by atomic mass is 9.77. The maximum atomic E-state index is 13.0. The summed E-state index contributed by atoms with van der Waals surface area (Å²) in [5, 5.41) is 0. The minimum Gasteiger partial charge on any atom is -0.310 e. The Morgan fingerprint density at radius 1 is 0.923 bits per heavy atom. The molecule has 0 bridgehead atoms. The van der Waals surface area contributed by atoms with Gasteiger partial charge in [0, 0.05) is 25.8 Å². The molecule has 0 aliphatic carbocycles. The zero-order valence-corrected chi connectivity index (χ0v) is 15.2. The number of hydrogen-bond acceptors (Lipinski definition) is 4. The van der Waals surface area contributed by atoms with Crippen molar-refractivity contribution in [1.29, 1.82) is 0 Å². The number of anilines is 1. The molecule has 7 heteroatoms. The molecule has 1 amide bonds. The molecule has 0 atom stereocenters. The van der Waals surface area contributed by atoms with Crippen molar-refractivity contribution in [3.63, 3.8) is 0 Å². The van der Waals surface area contributed by atoms with Crippen LogP contribution in [0.2, 0.25) is 0 Å². The quantitative estimate of drug-likeness (QED) is 0.830. The van der Waals surface area contributed by atoms with Gasteiger partial charge in [-0.2, -0.15) is 4.31 Å². The average molecular weight is 371 g/mol. The Hall–Kier alpha value is -2.25. The number of hydrogen-bond donors (Lipinski definition) is 0. The van der Waals surface area contributed by atoms with E-state index < -0.39 is 15.4 Å². The van der Waals surface area contributed by atoms with E-state index in [4.69, 9.17) is 0 Å². The van der Waals surface area contributed by atoms with Crippen molar-refractivity contribution >= 4 is 21.6 Å². The highest BCUT2D eigenvalue weighted by Gasteiger charge is 2.49. The maximum absolute atomic E-state index is 13.0. The van der Waals surface area contributed by atoms with Gasteiger partial charge in [-0.15, -0.1) is 0 Å². The predicted molar refractivity (Wildman–Crippen MR) is 98.1 cm³/mol. The van der Waals surface area contributed by atoms with E-state index >= 15 is 0 Å². The zero-order chi connectivity index (χ0) is 18.2. The van der Waals surface area contributed by atoms with Crippen molar-refractivity contribution in [2.24, 2.45) is 5.41 Å². The van der Waals surface area contributed by atoms with Crippen molar-refractivity contribution in [1.82, 2.24) is 9.29 Å². The Morgan fingerprint density at radius 2 is 1.62 bits per heavy atom. The number of amides is 1. The summed E-state index contributed by atoms with van der Waals surface area (Å²) in [6.45, 7) is 1.42. The Kier molecular flexibility index (Phi) is 4.28. The molecule has 6 nitrogen and oxygen atoms in total. The number of nitrogens with zero attached hydrogens (tertiary/aromatic N) is 3. The summed E-state index contributed by atoms with van der Waals surface area (Å²) < 4.78 is 27.1. The van der Waals surface area contributed by atoms with Crippen LogP contribution in [0.4, 0.5) is 5.69 Å². The highest BCUT2D eigenvalue weighted by molar-refractivity contribution is 7.89. The lowest BCUT2D eigenvalue weighted by molar-refractivity contribution is -0.127. The maximum Gasteiger partial charge on any atom is 0.243 e. The third kappa shape index (κ3) is 2.81. The molecule has 0 unspecified atom stereocenters. The monoisotopic (exact) mass is 371 g/mol. The zero-order valence-electron chi connectivity index (χ0n) is 14.4. The predicted octanol–water partition coefficient (Wildman–Crippen LogP) is 2.29. The molecular formula is C19H21N3O3S. The van der Waals surface area contributed by atoms with Crippen molar-refractivity contribution in [3.05, 3.63) is 54.9 Å². The largest absolute Gasteiger partial charge is 0.310 e. The second-order valence-electron chi connectivity index (χ2n) is 6.92. The lowest BCUT2D eigenvalue weighted by Crippen LogP contribution is -2.46. The molecule has 2 fully saturated rings. The van der Waals surface area contributed by atoms with Gasteiger partial charge in [0.1, 0.15) is 0 Å². The van der Waals surface area contributed by atoms with E-state index in [1.54, 1.807) is 47.6 Å². The van der Waals surface area contributed by atoms with Crippen LogP contribution in [0.15, 0.2) is 59.8 Å². The van der Waals surface area contributed by atoms with Gasteiger partial charge in [-0.05, 0) is 43.5 Å². The standard InChI is InChI=1S/C19H21N3O3S/c23-18-19(10-14-22(18)16-5-4-11-20-15-16)8-12-21(13-9-19)26(24,25)17-6-2-1-3-7-17/h1-7,11,15H,8-10,12-14H2. The highest BCUT2D eigenvalue weighted by Crippen LogP contribution is 2.43. The summed E-state index contributed by atoms with van der Waals surface area (Å²) in [5.74, 6) is 0.0993. The van der Waals surface area contributed by atoms with Gasteiger partial charge in [0.05, 0.1) is 22.2 Å². The molecule has 26 heavy (non-hydrogen) atoms. The van der Waals surface area contributed by atoms with Crippen molar-refractivity contribution in [2.45, 2.75) is 24.2 Å². The molecule has 136 valence electrons. The molecule has 2 aromatic rings. The van der Waals surface area contributed by atoms with Crippen LogP contribution in [-0.2, 0) is 14.8 Å². The number of carbonyl (C=O) groups excluding carboxylic acids is 1. The van der Waals surface area contributed by atoms with Crippen LogP contribution >= 0.6 is 0 Å². The number of benzene rings is 1. The van der Waals surface area contributed by atoms with E-state index in [2.05, 4.69) is 4.98 Å². The molecule has 1 aromatic heterocycles. The minimum absolute atomic E-state index is 0.0993. The lowest BCUT2D eigenvalue weighted by Gasteiger charge is -2.37. The normalized spacial score (nSPS) is 20.6. The van der Waals surface area contributed by atoms with E-state index in [9.17, 15) is 13.2 Å². The minimum atomic E-state index is -3.49. The number of pyridine rings is 1. The van der Waals surface area contributed by atoms with Crippen molar-refractivity contribution in [2.75, 3.05) is 24.5 Å². The Balaban J connectivity index is 1.49. The molecule has 0 saturated carbocycles. The van der Waals surface area contributed by atoms with E-state index in [0.717, 1.165) is 12.1 Å². The first-order valence-corrected chi connectivity index (χ1v) is 10.2. The highest BCUT2D eigenvalue weighted by atomic mass is 32.2. The molecule has 0 N–H and O–H groups in total. The van der Waals surface area contributed by atoms with Crippen LogP contribution in [0.3, 0.4) is 0 Å². The Labute approximate surface area is 153 Å². The summed E-state index contributed by atoms with van der Waals surface area (Å²) in [6.07, 6.45) is 5.28. The van der Waals surface area contributed by atoms with Crippen LogP contribution in [0, 0.1) is 5.41 Å². The van der Waals surface area contributed by atoms with E-state index in [1.165, 1.54) is 4.31 Å². The number of piperidine rings is 1. The first-order valence-electron chi connectivity index (χ1n) is 8.80. The fraction of sp³-hybridized carbons (Fsp3) is 0.368. The first kappa shape index (κ1) is 17.2.